The Morgan fingerprint density at radius 3 is 2.53 bits per heavy atom. The number of likely N-dealkylation sites (tertiary alicyclic amines) is 1. The van der Waals surface area contributed by atoms with Gasteiger partial charge in [0.15, 0.2) is 0 Å². The van der Waals surface area contributed by atoms with Crippen LogP contribution in [0.4, 0.5) is 0 Å². The van der Waals surface area contributed by atoms with Crippen molar-refractivity contribution >= 4 is 0 Å². The zero-order chi connectivity index (χ0) is 11.1. The normalized spacial score (nSPS) is 21.1. The van der Waals surface area contributed by atoms with Crippen molar-refractivity contribution in [2.45, 2.75) is 39.2 Å². The second-order valence-corrected chi connectivity index (χ2v) is 4.38. The summed E-state index contributed by atoms with van der Waals surface area (Å²) in [5, 5.41) is 12.2. The van der Waals surface area contributed by atoms with Crippen molar-refractivity contribution < 1.29 is 0 Å². The summed E-state index contributed by atoms with van der Waals surface area (Å²) in [6.45, 7) is 8.93. The molecule has 0 aromatic rings. The van der Waals surface area contributed by atoms with Crippen LogP contribution in [0.25, 0.3) is 0 Å². The maximum atomic E-state index is 8.81. The van der Waals surface area contributed by atoms with Gasteiger partial charge in [0, 0.05) is 0 Å². The number of nitriles is 1. The largest absolute Gasteiger partial charge is 0.304 e. The van der Waals surface area contributed by atoms with Gasteiger partial charge in [0.25, 0.3) is 0 Å². The smallest absolute Gasteiger partial charge is 0.0950 e. The summed E-state index contributed by atoms with van der Waals surface area (Å²) in [6, 6.07) is 2.34. The molecule has 1 unspecified atom stereocenters. The third-order valence-electron chi connectivity index (χ3n) is 3.37. The summed E-state index contributed by atoms with van der Waals surface area (Å²) in [6.07, 6.45) is 3.47. The van der Waals surface area contributed by atoms with Crippen LogP contribution in [0, 0.1) is 17.2 Å². The van der Waals surface area contributed by atoms with Crippen LogP contribution in [0.2, 0.25) is 0 Å². The fraction of sp³-hybridized carbons (Fsp3) is 0.917. The maximum absolute atomic E-state index is 8.81. The molecule has 1 aliphatic heterocycles. The Labute approximate surface area is 93.5 Å². The number of nitrogens with one attached hydrogen (secondary N) is 1. The molecule has 1 fully saturated rings. The first-order valence-corrected chi connectivity index (χ1v) is 6.15. The second kappa shape index (κ2) is 6.81. The minimum atomic E-state index is 0.0502. The van der Waals surface area contributed by atoms with Gasteiger partial charge < -0.3 is 10.2 Å². The van der Waals surface area contributed by atoms with E-state index in [2.05, 4.69) is 30.1 Å². The topological polar surface area (TPSA) is 39.1 Å². The van der Waals surface area contributed by atoms with Gasteiger partial charge in [-0.25, -0.2) is 0 Å². The SMILES string of the molecule is CCC(C#N)NCC1CCN(CC)CC1. The highest BCUT2D eigenvalue weighted by atomic mass is 15.1. The molecule has 0 amide bonds. The van der Waals surface area contributed by atoms with Crippen molar-refractivity contribution in [2.24, 2.45) is 5.92 Å². The molecule has 0 aromatic heterocycles. The summed E-state index contributed by atoms with van der Waals surface area (Å²) in [4.78, 5) is 2.50. The first-order chi connectivity index (χ1) is 7.30. The van der Waals surface area contributed by atoms with Crippen LogP contribution in [-0.4, -0.2) is 37.1 Å². The molecule has 3 heteroatoms. The van der Waals surface area contributed by atoms with E-state index in [1.54, 1.807) is 0 Å². The van der Waals surface area contributed by atoms with Crippen LogP contribution in [0.15, 0.2) is 0 Å². The third-order valence-corrected chi connectivity index (χ3v) is 3.37. The Kier molecular flexibility index (Phi) is 5.67. The standard InChI is InChI=1S/C12H23N3/c1-3-12(9-13)14-10-11-5-7-15(4-2)8-6-11/h11-12,14H,3-8,10H2,1-2H3. The first-order valence-electron chi connectivity index (χ1n) is 6.15. The summed E-state index contributed by atoms with van der Waals surface area (Å²) >= 11 is 0. The van der Waals surface area contributed by atoms with Crippen LogP contribution >= 0.6 is 0 Å². The minimum absolute atomic E-state index is 0.0502. The first kappa shape index (κ1) is 12.5. The summed E-state index contributed by atoms with van der Waals surface area (Å²) in [7, 11) is 0. The second-order valence-electron chi connectivity index (χ2n) is 4.38. The Morgan fingerprint density at radius 2 is 2.07 bits per heavy atom. The van der Waals surface area contributed by atoms with Crippen molar-refractivity contribution in [1.29, 1.82) is 5.26 Å². The van der Waals surface area contributed by atoms with Gasteiger partial charge in [-0.2, -0.15) is 5.26 Å². The van der Waals surface area contributed by atoms with Crippen LogP contribution in [0.1, 0.15) is 33.1 Å². The number of piperidine rings is 1. The molecule has 0 radical (unpaired) electrons. The lowest BCUT2D eigenvalue weighted by molar-refractivity contribution is 0.189. The lowest BCUT2D eigenvalue weighted by Crippen LogP contribution is -2.39. The number of rotatable bonds is 5. The lowest BCUT2D eigenvalue weighted by atomic mass is 9.96. The van der Waals surface area contributed by atoms with Crippen molar-refractivity contribution in [3.63, 3.8) is 0 Å². The van der Waals surface area contributed by atoms with Crippen molar-refractivity contribution in [3.8, 4) is 6.07 Å². The minimum Gasteiger partial charge on any atom is -0.304 e. The molecule has 0 spiro atoms. The van der Waals surface area contributed by atoms with Crippen LogP contribution in [-0.2, 0) is 0 Å². The molecule has 1 rings (SSSR count). The van der Waals surface area contributed by atoms with Gasteiger partial charge >= 0.3 is 0 Å². The summed E-state index contributed by atoms with van der Waals surface area (Å²) in [5.41, 5.74) is 0. The summed E-state index contributed by atoms with van der Waals surface area (Å²) < 4.78 is 0. The average Bonchev–Trinajstić information content (AvgIpc) is 2.31. The van der Waals surface area contributed by atoms with Crippen molar-refractivity contribution in [2.75, 3.05) is 26.2 Å². The lowest BCUT2D eigenvalue weighted by Gasteiger charge is -2.31. The Balaban J connectivity index is 2.16. The molecule has 0 bridgehead atoms. The Morgan fingerprint density at radius 1 is 1.40 bits per heavy atom. The fourth-order valence-electron chi connectivity index (χ4n) is 2.10. The van der Waals surface area contributed by atoms with E-state index in [1.807, 2.05) is 0 Å². The molecule has 86 valence electrons. The van der Waals surface area contributed by atoms with Crippen LogP contribution < -0.4 is 5.32 Å². The Bertz CT molecular complexity index is 201. The molecule has 1 N–H and O–H groups in total. The molecule has 1 atom stereocenters. The monoisotopic (exact) mass is 209 g/mol. The molecule has 0 saturated carbocycles. The highest BCUT2D eigenvalue weighted by molar-refractivity contribution is 4.89. The van der Waals surface area contributed by atoms with Gasteiger partial charge in [0.05, 0.1) is 12.1 Å². The molecule has 1 saturated heterocycles. The zero-order valence-corrected chi connectivity index (χ0v) is 10.00. The van der Waals surface area contributed by atoms with E-state index in [0.29, 0.717) is 0 Å². The highest BCUT2D eigenvalue weighted by Crippen LogP contribution is 2.16. The predicted molar refractivity (Wildman–Crippen MR) is 62.5 cm³/mol. The van der Waals surface area contributed by atoms with Gasteiger partial charge in [-0.05, 0) is 51.4 Å². The van der Waals surface area contributed by atoms with Crippen molar-refractivity contribution in [1.82, 2.24) is 10.2 Å². The maximum Gasteiger partial charge on any atom is 0.0950 e. The van der Waals surface area contributed by atoms with E-state index in [1.165, 1.54) is 32.5 Å². The van der Waals surface area contributed by atoms with E-state index in [4.69, 9.17) is 5.26 Å². The van der Waals surface area contributed by atoms with Gasteiger partial charge in [0.1, 0.15) is 0 Å². The number of nitrogens with zero attached hydrogens (tertiary/aromatic N) is 2. The molecule has 1 aliphatic rings. The Hall–Kier alpha value is -0.590. The molecule has 0 aromatic carbocycles. The molecule has 15 heavy (non-hydrogen) atoms. The quantitative estimate of drug-likeness (QED) is 0.747. The zero-order valence-electron chi connectivity index (χ0n) is 10.00. The molecular formula is C12H23N3. The van der Waals surface area contributed by atoms with E-state index >= 15 is 0 Å². The predicted octanol–water partition coefficient (Wildman–Crippen LogP) is 1.61. The summed E-state index contributed by atoms with van der Waals surface area (Å²) in [5.74, 6) is 0.773. The van der Waals surface area contributed by atoms with Gasteiger partial charge in [-0.3, -0.25) is 0 Å². The molecule has 1 heterocycles. The molecule has 3 nitrogen and oxygen atoms in total. The van der Waals surface area contributed by atoms with Gasteiger partial charge in [-0.1, -0.05) is 13.8 Å². The fourth-order valence-corrected chi connectivity index (χ4v) is 2.10. The van der Waals surface area contributed by atoms with E-state index in [-0.39, 0.29) is 6.04 Å². The molecule has 0 aliphatic carbocycles. The van der Waals surface area contributed by atoms with E-state index in [9.17, 15) is 0 Å². The van der Waals surface area contributed by atoms with Gasteiger partial charge in [-0.15, -0.1) is 0 Å². The van der Waals surface area contributed by atoms with Crippen LogP contribution in [0.3, 0.4) is 0 Å². The van der Waals surface area contributed by atoms with E-state index in [0.717, 1.165) is 18.9 Å². The average molecular weight is 209 g/mol. The third kappa shape index (κ3) is 4.19. The number of hydrogen-bond donors (Lipinski definition) is 1. The highest BCUT2D eigenvalue weighted by Gasteiger charge is 2.18. The molecular weight excluding hydrogens is 186 g/mol. The number of hydrogen-bond acceptors (Lipinski definition) is 3. The van der Waals surface area contributed by atoms with Crippen LogP contribution in [0.5, 0.6) is 0 Å². The van der Waals surface area contributed by atoms with Gasteiger partial charge in [0.2, 0.25) is 0 Å². The van der Waals surface area contributed by atoms with Crippen molar-refractivity contribution in [3.05, 3.63) is 0 Å². The van der Waals surface area contributed by atoms with E-state index < -0.39 is 0 Å².